The molecule has 3 nitrogen and oxygen atoms in total. The summed E-state index contributed by atoms with van der Waals surface area (Å²) in [4.78, 5) is 5.01. The van der Waals surface area contributed by atoms with Gasteiger partial charge < -0.3 is 15.1 Å². The van der Waals surface area contributed by atoms with Gasteiger partial charge in [-0.25, -0.2) is 0 Å². The van der Waals surface area contributed by atoms with Gasteiger partial charge in [0.25, 0.3) is 0 Å². The van der Waals surface area contributed by atoms with E-state index in [0.29, 0.717) is 0 Å². The fourth-order valence-corrected chi connectivity index (χ4v) is 3.30. The minimum atomic E-state index is 0.751. The van der Waals surface area contributed by atoms with Crippen molar-refractivity contribution in [2.24, 2.45) is 5.92 Å². The van der Waals surface area contributed by atoms with Crippen LogP contribution in [0.1, 0.15) is 38.5 Å². The number of likely N-dealkylation sites (N-methyl/N-ethyl adjacent to an activating group) is 1. The third-order valence-electron chi connectivity index (χ3n) is 4.70. The van der Waals surface area contributed by atoms with Crippen LogP contribution in [-0.2, 0) is 0 Å². The van der Waals surface area contributed by atoms with Crippen LogP contribution in [0.15, 0.2) is 0 Å². The highest BCUT2D eigenvalue weighted by molar-refractivity contribution is 4.76. The van der Waals surface area contributed by atoms with Gasteiger partial charge in [0.15, 0.2) is 0 Å². The number of rotatable bonds is 5. The first-order valence-corrected chi connectivity index (χ1v) is 7.84. The number of piperidine rings is 2. The molecule has 2 aliphatic rings. The molecule has 0 aromatic rings. The molecular weight excluding hydrogens is 222 g/mol. The van der Waals surface area contributed by atoms with E-state index in [1.807, 2.05) is 0 Å². The summed E-state index contributed by atoms with van der Waals surface area (Å²) in [5.74, 6) is 0.975. The second-order valence-electron chi connectivity index (χ2n) is 6.44. The summed E-state index contributed by atoms with van der Waals surface area (Å²) >= 11 is 0. The largest absolute Gasteiger partial charge is 0.313 e. The Morgan fingerprint density at radius 2 is 1.94 bits per heavy atom. The van der Waals surface area contributed by atoms with Gasteiger partial charge in [-0.1, -0.05) is 6.42 Å². The smallest absolute Gasteiger partial charge is 0.0194 e. The number of nitrogens with one attached hydrogen (secondary N) is 1. The zero-order valence-electron chi connectivity index (χ0n) is 12.3. The third kappa shape index (κ3) is 4.87. The molecule has 3 heteroatoms. The highest BCUT2D eigenvalue weighted by Crippen LogP contribution is 2.19. The molecule has 2 aliphatic heterocycles. The van der Waals surface area contributed by atoms with Crippen molar-refractivity contribution in [3.63, 3.8) is 0 Å². The maximum absolute atomic E-state index is 3.65. The minimum absolute atomic E-state index is 0.751. The summed E-state index contributed by atoms with van der Waals surface area (Å²) in [5, 5.41) is 3.65. The topological polar surface area (TPSA) is 18.5 Å². The first-order chi connectivity index (χ1) is 8.74. The molecule has 2 heterocycles. The van der Waals surface area contributed by atoms with Gasteiger partial charge in [-0.15, -0.1) is 0 Å². The molecule has 0 aromatic heterocycles. The number of hydrogen-bond acceptors (Lipinski definition) is 3. The molecule has 0 amide bonds. The molecule has 1 N–H and O–H groups in total. The van der Waals surface area contributed by atoms with Crippen LogP contribution >= 0.6 is 0 Å². The standard InChI is InChI=1S/C15H31N3/c1-17-10-6-14(7-11-17)8-12-18(2)13-15-5-3-4-9-16-15/h14-16H,3-13H2,1-2H3. The Balaban J connectivity index is 1.57. The quantitative estimate of drug-likeness (QED) is 0.806. The van der Waals surface area contributed by atoms with Crippen LogP contribution in [0.25, 0.3) is 0 Å². The summed E-state index contributed by atoms with van der Waals surface area (Å²) in [6.45, 7) is 6.36. The Labute approximate surface area is 113 Å². The van der Waals surface area contributed by atoms with E-state index >= 15 is 0 Å². The lowest BCUT2D eigenvalue weighted by Gasteiger charge is -2.31. The van der Waals surface area contributed by atoms with Gasteiger partial charge >= 0.3 is 0 Å². The van der Waals surface area contributed by atoms with Gasteiger partial charge in [0, 0.05) is 12.6 Å². The minimum Gasteiger partial charge on any atom is -0.313 e. The predicted octanol–water partition coefficient (Wildman–Crippen LogP) is 1.79. The lowest BCUT2D eigenvalue weighted by molar-refractivity contribution is 0.188. The number of likely N-dealkylation sites (tertiary alicyclic amines) is 1. The molecule has 106 valence electrons. The number of hydrogen-bond donors (Lipinski definition) is 1. The maximum atomic E-state index is 3.65. The normalized spacial score (nSPS) is 27.8. The molecular formula is C15H31N3. The van der Waals surface area contributed by atoms with Gasteiger partial charge in [-0.2, -0.15) is 0 Å². The summed E-state index contributed by atoms with van der Waals surface area (Å²) in [6, 6.07) is 0.751. The van der Waals surface area contributed by atoms with E-state index in [9.17, 15) is 0 Å². The highest BCUT2D eigenvalue weighted by Gasteiger charge is 2.18. The molecule has 2 saturated heterocycles. The summed E-state index contributed by atoms with van der Waals surface area (Å²) in [5.41, 5.74) is 0. The fraction of sp³-hybridized carbons (Fsp3) is 1.00. The van der Waals surface area contributed by atoms with Gasteiger partial charge in [0.1, 0.15) is 0 Å². The molecule has 0 aliphatic carbocycles. The zero-order valence-corrected chi connectivity index (χ0v) is 12.3. The molecule has 1 atom stereocenters. The highest BCUT2D eigenvalue weighted by atomic mass is 15.1. The molecule has 0 spiro atoms. The lowest BCUT2D eigenvalue weighted by atomic mass is 9.93. The maximum Gasteiger partial charge on any atom is 0.0194 e. The number of nitrogens with zero attached hydrogens (tertiary/aromatic N) is 2. The van der Waals surface area contributed by atoms with Crippen LogP contribution in [0.5, 0.6) is 0 Å². The molecule has 0 saturated carbocycles. The Bertz CT molecular complexity index is 218. The second-order valence-corrected chi connectivity index (χ2v) is 6.44. The molecule has 1 unspecified atom stereocenters. The van der Waals surface area contributed by atoms with Crippen molar-refractivity contribution in [1.29, 1.82) is 0 Å². The first-order valence-electron chi connectivity index (χ1n) is 7.84. The van der Waals surface area contributed by atoms with Crippen molar-refractivity contribution in [2.45, 2.75) is 44.6 Å². The summed E-state index contributed by atoms with van der Waals surface area (Å²) in [7, 11) is 4.54. The van der Waals surface area contributed by atoms with Crippen LogP contribution in [0.4, 0.5) is 0 Å². The van der Waals surface area contributed by atoms with E-state index in [-0.39, 0.29) is 0 Å². The van der Waals surface area contributed by atoms with Crippen LogP contribution in [0.2, 0.25) is 0 Å². The summed E-state index contributed by atoms with van der Waals surface area (Å²) < 4.78 is 0. The summed E-state index contributed by atoms with van der Waals surface area (Å²) in [6.07, 6.45) is 8.38. The van der Waals surface area contributed by atoms with Crippen LogP contribution in [0.3, 0.4) is 0 Å². The SMILES string of the molecule is CN1CCC(CCN(C)CC2CCCCN2)CC1. The van der Waals surface area contributed by atoms with Crippen molar-refractivity contribution in [1.82, 2.24) is 15.1 Å². The average Bonchev–Trinajstić information content (AvgIpc) is 2.39. The molecule has 2 rings (SSSR count). The van der Waals surface area contributed by atoms with Crippen molar-refractivity contribution in [3.8, 4) is 0 Å². The van der Waals surface area contributed by atoms with Crippen molar-refractivity contribution < 1.29 is 0 Å². The van der Waals surface area contributed by atoms with Gasteiger partial charge in [0.05, 0.1) is 0 Å². The van der Waals surface area contributed by atoms with Crippen LogP contribution < -0.4 is 5.32 Å². The Morgan fingerprint density at radius 3 is 2.61 bits per heavy atom. The van der Waals surface area contributed by atoms with E-state index in [4.69, 9.17) is 0 Å². The Hall–Kier alpha value is -0.120. The monoisotopic (exact) mass is 253 g/mol. The van der Waals surface area contributed by atoms with E-state index in [1.54, 1.807) is 0 Å². The zero-order chi connectivity index (χ0) is 12.8. The van der Waals surface area contributed by atoms with Crippen LogP contribution in [-0.4, -0.2) is 62.7 Å². The van der Waals surface area contributed by atoms with Gasteiger partial charge in [-0.3, -0.25) is 0 Å². The Kier molecular flexibility index (Phi) is 5.93. The second kappa shape index (κ2) is 7.46. The molecule has 2 fully saturated rings. The first kappa shape index (κ1) is 14.3. The van der Waals surface area contributed by atoms with E-state index in [1.165, 1.54) is 71.2 Å². The van der Waals surface area contributed by atoms with E-state index in [2.05, 4.69) is 29.2 Å². The predicted molar refractivity (Wildman–Crippen MR) is 78.0 cm³/mol. The lowest BCUT2D eigenvalue weighted by Crippen LogP contribution is -2.43. The molecule has 18 heavy (non-hydrogen) atoms. The van der Waals surface area contributed by atoms with Crippen molar-refractivity contribution in [3.05, 3.63) is 0 Å². The van der Waals surface area contributed by atoms with Gasteiger partial charge in [0.2, 0.25) is 0 Å². The van der Waals surface area contributed by atoms with Crippen LogP contribution in [0, 0.1) is 5.92 Å². The van der Waals surface area contributed by atoms with E-state index in [0.717, 1.165) is 12.0 Å². The molecule has 0 radical (unpaired) electrons. The van der Waals surface area contributed by atoms with Crippen molar-refractivity contribution in [2.75, 3.05) is 46.8 Å². The molecule has 0 bridgehead atoms. The molecule has 0 aromatic carbocycles. The fourth-order valence-electron chi connectivity index (χ4n) is 3.30. The Morgan fingerprint density at radius 1 is 1.17 bits per heavy atom. The average molecular weight is 253 g/mol. The third-order valence-corrected chi connectivity index (χ3v) is 4.70. The van der Waals surface area contributed by atoms with Crippen molar-refractivity contribution >= 4 is 0 Å². The van der Waals surface area contributed by atoms with E-state index < -0.39 is 0 Å². The van der Waals surface area contributed by atoms with Gasteiger partial charge in [-0.05, 0) is 78.3 Å².